The molecule has 0 bridgehead atoms. The zero-order valence-corrected chi connectivity index (χ0v) is 11.2. The molecule has 0 saturated heterocycles. The summed E-state index contributed by atoms with van der Waals surface area (Å²) in [4.78, 5) is 10.8. The zero-order valence-electron chi connectivity index (χ0n) is 10.4. The molecule has 0 radical (unpaired) electrons. The largest absolute Gasteiger partial charge is 0.399 e. The van der Waals surface area contributed by atoms with Gasteiger partial charge >= 0.3 is 0 Å². The number of nitrogens with two attached hydrogens (primary N) is 2. The minimum Gasteiger partial charge on any atom is -0.399 e. The summed E-state index contributed by atoms with van der Waals surface area (Å²) in [6, 6.07) is 3.19. The number of carbonyl (C=O) groups excluding carboxylic acids is 1. The van der Waals surface area contributed by atoms with Crippen LogP contribution in [0.15, 0.2) is 17.0 Å². The third-order valence-electron chi connectivity index (χ3n) is 2.41. The van der Waals surface area contributed by atoms with Crippen molar-refractivity contribution in [3.05, 3.63) is 23.3 Å². The highest BCUT2D eigenvalue weighted by molar-refractivity contribution is 7.89. The van der Waals surface area contributed by atoms with E-state index in [1.165, 1.54) is 0 Å². The average Bonchev–Trinajstić information content (AvgIpc) is 2.13. The van der Waals surface area contributed by atoms with E-state index >= 15 is 0 Å². The Bertz CT molecular complexity index is 544. The number of amides is 1. The lowest BCUT2D eigenvalue weighted by atomic mass is 10.1. The average molecular weight is 271 g/mol. The predicted octanol–water partition coefficient (Wildman–Crippen LogP) is 0.0393. The van der Waals surface area contributed by atoms with E-state index in [9.17, 15) is 13.2 Å². The van der Waals surface area contributed by atoms with Crippen LogP contribution >= 0.6 is 0 Å². The molecule has 0 atom stereocenters. The molecule has 0 aliphatic carbocycles. The number of sulfonamides is 1. The van der Waals surface area contributed by atoms with Crippen LogP contribution in [0.3, 0.4) is 0 Å². The van der Waals surface area contributed by atoms with Gasteiger partial charge in [-0.2, -0.15) is 0 Å². The Balaban J connectivity index is 3.02. The molecule has 1 rings (SSSR count). The van der Waals surface area contributed by atoms with Crippen LogP contribution in [0.5, 0.6) is 0 Å². The number of nitrogens with one attached hydrogen (secondary N) is 1. The first kappa shape index (κ1) is 14.5. The molecular weight excluding hydrogens is 254 g/mol. The Hall–Kier alpha value is -1.60. The van der Waals surface area contributed by atoms with Crippen LogP contribution in [-0.4, -0.2) is 20.9 Å². The van der Waals surface area contributed by atoms with Gasteiger partial charge in [0.05, 0.1) is 4.90 Å². The number of anilines is 1. The first-order valence-electron chi connectivity index (χ1n) is 5.38. The third kappa shape index (κ3) is 3.44. The van der Waals surface area contributed by atoms with Gasteiger partial charge in [-0.15, -0.1) is 0 Å². The van der Waals surface area contributed by atoms with E-state index in [1.807, 2.05) is 0 Å². The zero-order chi connectivity index (χ0) is 13.9. The van der Waals surface area contributed by atoms with Crippen molar-refractivity contribution in [3.63, 3.8) is 0 Å². The van der Waals surface area contributed by atoms with Gasteiger partial charge in [0.15, 0.2) is 0 Å². The molecule has 0 heterocycles. The van der Waals surface area contributed by atoms with Crippen molar-refractivity contribution >= 4 is 21.6 Å². The molecule has 0 saturated carbocycles. The molecule has 6 nitrogen and oxygen atoms in total. The second kappa shape index (κ2) is 5.36. The minimum atomic E-state index is -3.65. The van der Waals surface area contributed by atoms with Crippen LogP contribution < -0.4 is 16.2 Å². The minimum absolute atomic E-state index is 0.0130. The quantitative estimate of drug-likeness (QED) is 0.656. The van der Waals surface area contributed by atoms with Crippen molar-refractivity contribution in [2.75, 3.05) is 12.3 Å². The monoisotopic (exact) mass is 271 g/mol. The molecular formula is C11H17N3O3S. The second-order valence-corrected chi connectivity index (χ2v) is 5.80. The van der Waals surface area contributed by atoms with Gasteiger partial charge in [0.25, 0.3) is 0 Å². The maximum absolute atomic E-state index is 12.1. The summed E-state index contributed by atoms with van der Waals surface area (Å²) in [6.45, 7) is 3.33. The van der Waals surface area contributed by atoms with Crippen molar-refractivity contribution in [2.24, 2.45) is 5.73 Å². The van der Waals surface area contributed by atoms with E-state index in [4.69, 9.17) is 11.5 Å². The molecule has 0 unspecified atom stereocenters. The smallest absolute Gasteiger partial charge is 0.241 e. The SMILES string of the molecule is Cc1cc(N)cc(C)c1S(=O)(=O)NCCC(N)=O. The molecule has 0 aromatic heterocycles. The van der Waals surface area contributed by atoms with Gasteiger partial charge < -0.3 is 11.5 Å². The molecule has 100 valence electrons. The van der Waals surface area contributed by atoms with Gasteiger partial charge in [0, 0.05) is 18.7 Å². The summed E-state index contributed by atoms with van der Waals surface area (Å²) in [7, 11) is -3.65. The Morgan fingerprint density at radius 1 is 1.28 bits per heavy atom. The molecule has 1 amide bonds. The van der Waals surface area contributed by atoms with Crippen molar-refractivity contribution in [1.82, 2.24) is 4.72 Å². The van der Waals surface area contributed by atoms with Crippen molar-refractivity contribution < 1.29 is 13.2 Å². The maximum Gasteiger partial charge on any atom is 0.241 e. The van der Waals surface area contributed by atoms with Gasteiger partial charge in [0.2, 0.25) is 15.9 Å². The molecule has 18 heavy (non-hydrogen) atoms. The van der Waals surface area contributed by atoms with Gasteiger partial charge in [-0.25, -0.2) is 13.1 Å². The highest BCUT2D eigenvalue weighted by atomic mass is 32.2. The van der Waals surface area contributed by atoms with E-state index in [-0.39, 0.29) is 17.9 Å². The summed E-state index contributed by atoms with van der Waals surface area (Å²) >= 11 is 0. The van der Waals surface area contributed by atoms with Gasteiger partial charge in [0.1, 0.15) is 0 Å². The fourth-order valence-electron chi connectivity index (χ4n) is 1.79. The molecule has 1 aromatic carbocycles. The summed E-state index contributed by atoms with van der Waals surface area (Å²) < 4.78 is 26.5. The van der Waals surface area contributed by atoms with Crippen molar-refractivity contribution in [2.45, 2.75) is 25.2 Å². The highest BCUT2D eigenvalue weighted by Crippen LogP contribution is 2.22. The summed E-state index contributed by atoms with van der Waals surface area (Å²) in [5.41, 5.74) is 12.2. The number of nitrogen functional groups attached to an aromatic ring is 1. The van der Waals surface area contributed by atoms with E-state index in [1.54, 1.807) is 26.0 Å². The van der Waals surface area contributed by atoms with Gasteiger partial charge in [-0.1, -0.05) is 0 Å². The Kier molecular flexibility index (Phi) is 4.31. The lowest BCUT2D eigenvalue weighted by Crippen LogP contribution is -2.29. The fourth-order valence-corrected chi connectivity index (χ4v) is 3.27. The number of primary amides is 1. The highest BCUT2D eigenvalue weighted by Gasteiger charge is 2.19. The lowest BCUT2D eigenvalue weighted by Gasteiger charge is -2.12. The number of rotatable bonds is 5. The van der Waals surface area contributed by atoms with E-state index in [0.29, 0.717) is 16.8 Å². The van der Waals surface area contributed by atoms with Crippen LogP contribution in [0.4, 0.5) is 5.69 Å². The van der Waals surface area contributed by atoms with Crippen molar-refractivity contribution in [3.8, 4) is 0 Å². The van der Waals surface area contributed by atoms with E-state index < -0.39 is 15.9 Å². The maximum atomic E-state index is 12.1. The number of hydrogen-bond donors (Lipinski definition) is 3. The standard InChI is InChI=1S/C11H17N3O3S/c1-7-5-9(12)6-8(2)11(7)18(16,17)14-4-3-10(13)15/h5-6,14H,3-4,12H2,1-2H3,(H2,13,15). The summed E-state index contributed by atoms with van der Waals surface area (Å²) in [5.74, 6) is -0.552. The second-order valence-electron chi connectivity index (χ2n) is 4.10. The predicted molar refractivity (Wildman–Crippen MR) is 69.3 cm³/mol. The van der Waals surface area contributed by atoms with Crippen LogP contribution in [0.2, 0.25) is 0 Å². The first-order chi connectivity index (χ1) is 8.24. The molecule has 0 fully saturated rings. The van der Waals surface area contributed by atoms with Gasteiger partial charge in [-0.3, -0.25) is 4.79 Å². The third-order valence-corrected chi connectivity index (χ3v) is 4.18. The topological polar surface area (TPSA) is 115 Å². The molecule has 5 N–H and O–H groups in total. The molecule has 0 aliphatic rings. The normalized spacial score (nSPS) is 11.4. The number of hydrogen-bond acceptors (Lipinski definition) is 4. The van der Waals surface area contributed by atoms with Crippen LogP contribution in [0.1, 0.15) is 17.5 Å². The molecule has 0 spiro atoms. The Morgan fingerprint density at radius 3 is 2.22 bits per heavy atom. The lowest BCUT2D eigenvalue weighted by molar-refractivity contribution is -0.117. The number of carbonyl (C=O) groups is 1. The van der Waals surface area contributed by atoms with E-state index in [2.05, 4.69) is 4.72 Å². The fraction of sp³-hybridized carbons (Fsp3) is 0.364. The number of benzene rings is 1. The summed E-state index contributed by atoms with van der Waals surface area (Å²) in [6.07, 6.45) is -0.0354. The Labute approximate surface area is 106 Å². The Morgan fingerprint density at radius 2 is 1.78 bits per heavy atom. The van der Waals surface area contributed by atoms with Crippen molar-refractivity contribution in [1.29, 1.82) is 0 Å². The molecule has 7 heteroatoms. The number of aryl methyl sites for hydroxylation is 2. The molecule has 1 aromatic rings. The molecule has 0 aliphatic heterocycles. The van der Waals surface area contributed by atoms with Gasteiger partial charge in [-0.05, 0) is 37.1 Å². The van der Waals surface area contributed by atoms with E-state index in [0.717, 1.165) is 0 Å². The van der Waals surface area contributed by atoms with Crippen LogP contribution in [-0.2, 0) is 14.8 Å². The summed E-state index contributed by atoms with van der Waals surface area (Å²) in [5, 5.41) is 0. The van der Waals surface area contributed by atoms with Crippen LogP contribution in [0, 0.1) is 13.8 Å². The van der Waals surface area contributed by atoms with Crippen LogP contribution in [0.25, 0.3) is 0 Å². The first-order valence-corrected chi connectivity index (χ1v) is 6.87.